The fourth-order valence-corrected chi connectivity index (χ4v) is 2.61. The Morgan fingerprint density at radius 3 is 2.56 bits per heavy atom. The summed E-state index contributed by atoms with van der Waals surface area (Å²) in [5.41, 5.74) is 0. The smallest absolute Gasteiger partial charge is 0.222 e. The van der Waals surface area contributed by atoms with E-state index in [1.54, 1.807) is 0 Å². The van der Waals surface area contributed by atoms with Gasteiger partial charge in [0.2, 0.25) is 5.91 Å². The molecule has 0 aliphatic heterocycles. The molecule has 0 aromatic rings. The third kappa shape index (κ3) is 4.73. The quantitative estimate of drug-likeness (QED) is 0.630. The highest BCUT2D eigenvalue weighted by molar-refractivity contribution is 6.18. The molecule has 1 aliphatic carbocycles. The molecule has 1 rings (SSSR count). The van der Waals surface area contributed by atoms with Crippen molar-refractivity contribution in [3.63, 3.8) is 0 Å². The number of hydrogen-bond donors (Lipinski definition) is 0. The molecule has 1 saturated carbocycles. The molecule has 16 heavy (non-hydrogen) atoms. The van der Waals surface area contributed by atoms with Gasteiger partial charge in [0.25, 0.3) is 0 Å². The van der Waals surface area contributed by atoms with Crippen molar-refractivity contribution in [2.45, 2.75) is 51.9 Å². The molecule has 0 aromatic heterocycles. The van der Waals surface area contributed by atoms with Crippen LogP contribution in [0.15, 0.2) is 0 Å². The molecule has 0 atom stereocenters. The highest BCUT2D eigenvalue weighted by Gasteiger charge is 2.21. The molecule has 1 amide bonds. The summed E-state index contributed by atoms with van der Waals surface area (Å²) in [5, 5.41) is 0. The van der Waals surface area contributed by atoms with Crippen LogP contribution in [0.5, 0.6) is 0 Å². The topological polar surface area (TPSA) is 20.3 Å². The Morgan fingerprint density at radius 1 is 1.31 bits per heavy atom. The molecule has 2 nitrogen and oxygen atoms in total. The number of hydrogen-bond acceptors (Lipinski definition) is 1. The van der Waals surface area contributed by atoms with Gasteiger partial charge in [-0.25, -0.2) is 0 Å². The van der Waals surface area contributed by atoms with Gasteiger partial charge in [0, 0.05) is 25.4 Å². The molecule has 1 aliphatic rings. The molecule has 0 saturated heterocycles. The van der Waals surface area contributed by atoms with Crippen LogP contribution in [-0.4, -0.2) is 29.8 Å². The van der Waals surface area contributed by atoms with Crippen LogP contribution in [0, 0.1) is 5.92 Å². The van der Waals surface area contributed by atoms with Gasteiger partial charge in [-0.15, -0.1) is 11.6 Å². The minimum absolute atomic E-state index is 0.320. The Morgan fingerprint density at radius 2 is 2.00 bits per heavy atom. The van der Waals surface area contributed by atoms with E-state index in [1.807, 2.05) is 4.90 Å². The molecule has 0 bridgehead atoms. The second kappa shape index (κ2) is 7.94. The van der Waals surface area contributed by atoms with Crippen LogP contribution in [0.25, 0.3) is 0 Å². The van der Waals surface area contributed by atoms with E-state index in [0.717, 1.165) is 25.8 Å². The average Bonchev–Trinajstić information content (AvgIpc) is 2.76. The zero-order valence-electron chi connectivity index (χ0n) is 10.4. The number of rotatable bonds is 7. The first-order valence-electron chi connectivity index (χ1n) is 6.61. The van der Waals surface area contributed by atoms with Crippen LogP contribution in [0.2, 0.25) is 0 Å². The maximum atomic E-state index is 12.1. The Balaban J connectivity index is 2.32. The molecule has 0 radical (unpaired) electrons. The second-order valence-electron chi connectivity index (χ2n) is 4.78. The van der Waals surface area contributed by atoms with Crippen LogP contribution in [0.4, 0.5) is 0 Å². The van der Waals surface area contributed by atoms with Crippen LogP contribution < -0.4 is 0 Å². The Labute approximate surface area is 104 Å². The van der Waals surface area contributed by atoms with Crippen molar-refractivity contribution in [1.82, 2.24) is 4.90 Å². The predicted octanol–water partition coefficient (Wildman–Crippen LogP) is 3.43. The first-order chi connectivity index (χ1) is 7.77. The lowest BCUT2D eigenvalue weighted by atomic mass is 10.0. The van der Waals surface area contributed by atoms with Crippen LogP contribution in [0.3, 0.4) is 0 Å². The zero-order chi connectivity index (χ0) is 11.8. The number of halogens is 1. The van der Waals surface area contributed by atoms with Gasteiger partial charge in [0.05, 0.1) is 0 Å². The highest BCUT2D eigenvalue weighted by atomic mass is 35.5. The van der Waals surface area contributed by atoms with E-state index in [-0.39, 0.29) is 0 Å². The standard InChI is InChI=1S/C13H24ClNO/c1-2-3-9-15(10-8-14)13(16)11-12-6-4-5-7-12/h12H,2-11H2,1H3. The second-order valence-corrected chi connectivity index (χ2v) is 5.16. The largest absolute Gasteiger partial charge is 0.342 e. The van der Waals surface area contributed by atoms with E-state index in [0.29, 0.717) is 24.2 Å². The number of carbonyl (C=O) groups is 1. The molecule has 94 valence electrons. The molecule has 1 fully saturated rings. The van der Waals surface area contributed by atoms with Gasteiger partial charge in [-0.2, -0.15) is 0 Å². The van der Waals surface area contributed by atoms with Crippen molar-refractivity contribution in [3.8, 4) is 0 Å². The Hall–Kier alpha value is -0.240. The Bertz CT molecular complexity index is 202. The minimum atomic E-state index is 0.320. The van der Waals surface area contributed by atoms with Crippen molar-refractivity contribution >= 4 is 17.5 Å². The molecule has 0 unspecified atom stereocenters. The predicted molar refractivity (Wildman–Crippen MR) is 68.8 cm³/mol. The van der Waals surface area contributed by atoms with E-state index in [2.05, 4.69) is 6.92 Å². The lowest BCUT2D eigenvalue weighted by molar-refractivity contribution is -0.132. The Kier molecular flexibility index (Phi) is 6.86. The average molecular weight is 246 g/mol. The van der Waals surface area contributed by atoms with Crippen molar-refractivity contribution in [3.05, 3.63) is 0 Å². The minimum Gasteiger partial charge on any atom is -0.342 e. The monoisotopic (exact) mass is 245 g/mol. The van der Waals surface area contributed by atoms with E-state index < -0.39 is 0 Å². The van der Waals surface area contributed by atoms with Crippen LogP contribution >= 0.6 is 11.6 Å². The summed E-state index contributed by atoms with van der Waals surface area (Å²) in [6.45, 7) is 3.75. The summed E-state index contributed by atoms with van der Waals surface area (Å²) in [4.78, 5) is 14.0. The third-order valence-electron chi connectivity index (χ3n) is 3.43. The summed E-state index contributed by atoms with van der Waals surface area (Å²) in [6.07, 6.45) is 8.08. The van der Waals surface area contributed by atoms with E-state index >= 15 is 0 Å². The number of amides is 1. The summed E-state index contributed by atoms with van der Waals surface area (Å²) in [7, 11) is 0. The van der Waals surface area contributed by atoms with E-state index in [4.69, 9.17) is 11.6 Å². The summed E-state index contributed by atoms with van der Waals surface area (Å²) >= 11 is 5.74. The van der Waals surface area contributed by atoms with Gasteiger partial charge in [-0.1, -0.05) is 26.2 Å². The zero-order valence-corrected chi connectivity index (χ0v) is 11.1. The van der Waals surface area contributed by atoms with Crippen LogP contribution in [0.1, 0.15) is 51.9 Å². The summed E-state index contributed by atoms with van der Waals surface area (Å²) in [5.74, 6) is 1.52. The van der Waals surface area contributed by atoms with Crippen molar-refractivity contribution in [1.29, 1.82) is 0 Å². The summed E-state index contributed by atoms with van der Waals surface area (Å²) in [6, 6.07) is 0. The van der Waals surface area contributed by atoms with Crippen molar-refractivity contribution in [2.75, 3.05) is 19.0 Å². The molecule has 3 heteroatoms. The maximum absolute atomic E-state index is 12.1. The highest BCUT2D eigenvalue weighted by Crippen LogP contribution is 2.28. The van der Waals surface area contributed by atoms with Crippen LogP contribution in [-0.2, 0) is 4.79 Å². The molecular formula is C13H24ClNO. The van der Waals surface area contributed by atoms with Gasteiger partial charge in [0.1, 0.15) is 0 Å². The van der Waals surface area contributed by atoms with Gasteiger partial charge < -0.3 is 4.90 Å². The van der Waals surface area contributed by atoms with E-state index in [9.17, 15) is 4.79 Å². The molecule has 0 spiro atoms. The van der Waals surface area contributed by atoms with Crippen molar-refractivity contribution in [2.24, 2.45) is 5.92 Å². The van der Waals surface area contributed by atoms with Crippen molar-refractivity contribution < 1.29 is 4.79 Å². The lowest BCUT2D eigenvalue weighted by Gasteiger charge is -2.23. The fraction of sp³-hybridized carbons (Fsp3) is 0.923. The van der Waals surface area contributed by atoms with Gasteiger partial charge >= 0.3 is 0 Å². The normalized spacial score (nSPS) is 16.6. The first kappa shape index (κ1) is 13.8. The van der Waals surface area contributed by atoms with Gasteiger partial charge in [-0.3, -0.25) is 4.79 Å². The van der Waals surface area contributed by atoms with Gasteiger partial charge in [-0.05, 0) is 25.2 Å². The number of alkyl halides is 1. The maximum Gasteiger partial charge on any atom is 0.222 e. The molecule has 0 heterocycles. The number of nitrogens with zero attached hydrogens (tertiary/aromatic N) is 1. The third-order valence-corrected chi connectivity index (χ3v) is 3.60. The first-order valence-corrected chi connectivity index (χ1v) is 7.15. The van der Waals surface area contributed by atoms with Gasteiger partial charge in [0.15, 0.2) is 0 Å². The number of unbranched alkanes of at least 4 members (excludes halogenated alkanes) is 1. The molecule has 0 aromatic carbocycles. The molecule has 0 N–H and O–H groups in total. The summed E-state index contributed by atoms with van der Waals surface area (Å²) < 4.78 is 0. The number of carbonyl (C=O) groups excluding carboxylic acids is 1. The molecular weight excluding hydrogens is 222 g/mol. The lowest BCUT2D eigenvalue weighted by Crippen LogP contribution is -2.34. The SMILES string of the molecule is CCCCN(CCCl)C(=O)CC1CCCC1. The van der Waals surface area contributed by atoms with E-state index in [1.165, 1.54) is 25.7 Å². The fourth-order valence-electron chi connectivity index (χ4n) is 2.40.